The summed E-state index contributed by atoms with van der Waals surface area (Å²) in [4.78, 5) is 2.71. The highest BCUT2D eigenvalue weighted by Crippen LogP contribution is 2.52. The van der Waals surface area contributed by atoms with Crippen molar-refractivity contribution in [2.75, 3.05) is 0 Å². The maximum Gasteiger partial charge on any atom is 0.0447 e. The summed E-state index contributed by atoms with van der Waals surface area (Å²) in [5, 5.41) is 0. The van der Waals surface area contributed by atoms with Gasteiger partial charge in [0, 0.05) is 20.3 Å². The summed E-state index contributed by atoms with van der Waals surface area (Å²) < 4.78 is 1.22. The Morgan fingerprint density at radius 2 is 2.00 bits per heavy atom. The zero-order valence-electron chi connectivity index (χ0n) is 11.6. The molecular formula is C15H24BrNS. The first-order valence-electron chi connectivity index (χ1n) is 6.96. The van der Waals surface area contributed by atoms with Crippen LogP contribution in [0.5, 0.6) is 0 Å². The first kappa shape index (κ1) is 14.5. The number of nitrogens with two attached hydrogens (primary N) is 1. The van der Waals surface area contributed by atoms with Crippen LogP contribution >= 0.6 is 27.3 Å². The molecule has 2 N–H and O–H groups in total. The summed E-state index contributed by atoms with van der Waals surface area (Å²) in [7, 11) is 0. The molecule has 0 amide bonds. The van der Waals surface area contributed by atoms with Crippen LogP contribution in [0, 0.1) is 18.3 Å². The fourth-order valence-electron chi connectivity index (χ4n) is 3.47. The van der Waals surface area contributed by atoms with Crippen LogP contribution < -0.4 is 5.73 Å². The Bertz CT molecular complexity index is 385. The molecule has 0 aromatic carbocycles. The van der Waals surface area contributed by atoms with Gasteiger partial charge in [-0.05, 0) is 59.5 Å². The summed E-state index contributed by atoms with van der Waals surface area (Å²) in [5.41, 5.74) is 7.01. The Kier molecular flexibility index (Phi) is 4.56. The molecule has 1 atom stereocenters. The van der Waals surface area contributed by atoms with Gasteiger partial charge in [-0.1, -0.05) is 26.7 Å². The van der Waals surface area contributed by atoms with Crippen LogP contribution in [0.25, 0.3) is 0 Å². The average molecular weight is 330 g/mol. The second-order valence-corrected chi connectivity index (χ2v) is 8.34. The van der Waals surface area contributed by atoms with E-state index in [1.165, 1.54) is 46.3 Å². The lowest BCUT2D eigenvalue weighted by Gasteiger charge is -2.36. The van der Waals surface area contributed by atoms with Crippen molar-refractivity contribution < 1.29 is 0 Å². The van der Waals surface area contributed by atoms with Gasteiger partial charge >= 0.3 is 0 Å². The zero-order chi connectivity index (χ0) is 13.3. The van der Waals surface area contributed by atoms with Gasteiger partial charge in [-0.2, -0.15) is 0 Å². The zero-order valence-corrected chi connectivity index (χ0v) is 14.0. The van der Waals surface area contributed by atoms with Crippen LogP contribution in [-0.2, 0) is 0 Å². The van der Waals surface area contributed by atoms with Gasteiger partial charge in [-0.15, -0.1) is 11.3 Å². The second-order valence-electron chi connectivity index (χ2n) is 6.20. The van der Waals surface area contributed by atoms with Gasteiger partial charge in [0.1, 0.15) is 0 Å². The van der Waals surface area contributed by atoms with Gasteiger partial charge in [0.25, 0.3) is 0 Å². The quantitative estimate of drug-likeness (QED) is 0.783. The van der Waals surface area contributed by atoms with Crippen LogP contribution in [0.2, 0.25) is 0 Å². The van der Waals surface area contributed by atoms with Crippen molar-refractivity contribution in [1.82, 2.24) is 0 Å². The minimum atomic E-state index is 0.220. The molecule has 0 aliphatic heterocycles. The average Bonchev–Trinajstić information content (AvgIpc) is 2.86. The SMILES string of the molecule is Cc1sc(C(N)C2(CC(C)C)CCCC2)cc1Br. The van der Waals surface area contributed by atoms with E-state index in [1.807, 2.05) is 11.3 Å². The highest BCUT2D eigenvalue weighted by molar-refractivity contribution is 9.10. The van der Waals surface area contributed by atoms with Gasteiger partial charge in [0.2, 0.25) is 0 Å². The van der Waals surface area contributed by atoms with Gasteiger partial charge in [0.15, 0.2) is 0 Å². The van der Waals surface area contributed by atoms with Crippen molar-refractivity contribution in [1.29, 1.82) is 0 Å². The Hall–Kier alpha value is 0.140. The van der Waals surface area contributed by atoms with E-state index in [9.17, 15) is 0 Å². The third-order valence-electron chi connectivity index (χ3n) is 4.26. The summed E-state index contributed by atoms with van der Waals surface area (Å²) in [6.45, 7) is 6.81. The van der Waals surface area contributed by atoms with E-state index < -0.39 is 0 Å². The van der Waals surface area contributed by atoms with E-state index in [0.29, 0.717) is 5.41 Å². The first-order valence-corrected chi connectivity index (χ1v) is 8.57. The number of halogens is 1. The number of aryl methyl sites for hydroxylation is 1. The fourth-order valence-corrected chi connectivity index (χ4v) is 5.18. The fraction of sp³-hybridized carbons (Fsp3) is 0.733. The maximum absolute atomic E-state index is 6.66. The molecule has 0 spiro atoms. The highest BCUT2D eigenvalue weighted by atomic mass is 79.9. The van der Waals surface area contributed by atoms with E-state index in [0.717, 1.165) is 5.92 Å². The van der Waals surface area contributed by atoms with Crippen molar-refractivity contribution in [3.63, 3.8) is 0 Å². The molecule has 1 aromatic rings. The van der Waals surface area contributed by atoms with Crippen molar-refractivity contribution in [3.8, 4) is 0 Å². The number of hydrogen-bond acceptors (Lipinski definition) is 2. The molecule has 1 aromatic heterocycles. The van der Waals surface area contributed by atoms with Gasteiger partial charge in [-0.25, -0.2) is 0 Å². The molecule has 1 saturated carbocycles. The minimum Gasteiger partial charge on any atom is -0.323 e. The lowest BCUT2D eigenvalue weighted by atomic mass is 9.72. The normalized spacial score (nSPS) is 20.6. The number of rotatable bonds is 4. The Morgan fingerprint density at radius 3 is 2.44 bits per heavy atom. The standard InChI is InChI=1S/C15H24BrNS/c1-10(2)9-15(6-4-5-7-15)14(17)13-8-12(16)11(3)18-13/h8,10,14H,4-7,9,17H2,1-3H3. The molecule has 1 nitrogen and oxygen atoms in total. The number of hydrogen-bond donors (Lipinski definition) is 1. The molecular weight excluding hydrogens is 306 g/mol. The molecule has 1 aliphatic rings. The molecule has 0 bridgehead atoms. The van der Waals surface area contributed by atoms with Gasteiger partial charge < -0.3 is 5.73 Å². The second kappa shape index (κ2) is 5.64. The number of thiophene rings is 1. The van der Waals surface area contributed by atoms with Crippen LogP contribution in [0.1, 0.15) is 61.7 Å². The summed E-state index contributed by atoms with van der Waals surface area (Å²) in [6.07, 6.45) is 6.59. The molecule has 1 unspecified atom stereocenters. The maximum atomic E-state index is 6.66. The first-order chi connectivity index (χ1) is 8.44. The highest BCUT2D eigenvalue weighted by Gasteiger charge is 2.41. The molecule has 1 aliphatic carbocycles. The van der Waals surface area contributed by atoms with Crippen molar-refractivity contribution in [2.45, 2.75) is 58.9 Å². The predicted molar refractivity (Wildman–Crippen MR) is 84.0 cm³/mol. The van der Waals surface area contributed by atoms with E-state index in [4.69, 9.17) is 5.73 Å². The van der Waals surface area contributed by atoms with E-state index in [-0.39, 0.29) is 6.04 Å². The van der Waals surface area contributed by atoms with Crippen molar-refractivity contribution in [2.24, 2.45) is 17.1 Å². The lowest BCUT2D eigenvalue weighted by molar-refractivity contribution is 0.185. The molecule has 1 heterocycles. The molecule has 2 rings (SSSR count). The summed E-state index contributed by atoms with van der Waals surface area (Å²) in [6, 6.07) is 2.46. The topological polar surface area (TPSA) is 26.0 Å². The van der Waals surface area contributed by atoms with Crippen LogP contribution in [0.4, 0.5) is 0 Å². The smallest absolute Gasteiger partial charge is 0.0447 e. The van der Waals surface area contributed by atoms with Crippen LogP contribution in [-0.4, -0.2) is 0 Å². The largest absolute Gasteiger partial charge is 0.323 e. The minimum absolute atomic E-state index is 0.220. The molecule has 3 heteroatoms. The van der Waals surface area contributed by atoms with Crippen molar-refractivity contribution in [3.05, 3.63) is 20.3 Å². The molecule has 0 saturated heterocycles. The van der Waals surface area contributed by atoms with Crippen LogP contribution in [0.15, 0.2) is 10.5 Å². The Morgan fingerprint density at radius 1 is 1.39 bits per heavy atom. The third-order valence-corrected chi connectivity index (χ3v) is 6.48. The van der Waals surface area contributed by atoms with Crippen LogP contribution in [0.3, 0.4) is 0 Å². The molecule has 1 fully saturated rings. The monoisotopic (exact) mass is 329 g/mol. The molecule has 0 radical (unpaired) electrons. The Balaban J connectivity index is 2.25. The molecule has 18 heavy (non-hydrogen) atoms. The Labute approximate surface area is 123 Å². The predicted octanol–water partition coefficient (Wildman–Crippen LogP) is 5.43. The summed E-state index contributed by atoms with van der Waals surface area (Å²) >= 11 is 5.48. The van der Waals surface area contributed by atoms with E-state index >= 15 is 0 Å². The van der Waals surface area contributed by atoms with Gasteiger partial charge in [-0.3, -0.25) is 0 Å². The van der Waals surface area contributed by atoms with E-state index in [1.54, 1.807) is 0 Å². The third kappa shape index (κ3) is 2.83. The van der Waals surface area contributed by atoms with E-state index in [2.05, 4.69) is 42.8 Å². The summed E-state index contributed by atoms with van der Waals surface area (Å²) in [5.74, 6) is 0.735. The lowest BCUT2D eigenvalue weighted by Crippen LogP contribution is -2.33. The van der Waals surface area contributed by atoms with Gasteiger partial charge in [0.05, 0.1) is 0 Å². The molecule has 102 valence electrons. The van der Waals surface area contributed by atoms with Crippen molar-refractivity contribution >= 4 is 27.3 Å².